The van der Waals surface area contributed by atoms with E-state index in [1.165, 1.54) is 12.1 Å². The fraction of sp³-hybridized carbons (Fsp3) is 0.538. The summed E-state index contributed by atoms with van der Waals surface area (Å²) in [4.78, 5) is 0. The minimum absolute atomic E-state index is 0.137. The van der Waals surface area contributed by atoms with E-state index < -0.39 is 0 Å². The first-order valence-electron chi connectivity index (χ1n) is 5.59. The quantitative estimate of drug-likeness (QED) is 0.790. The molecule has 1 rings (SSSR count). The van der Waals surface area contributed by atoms with Crippen molar-refractivity contribution in [3.8, 4) is 0 Å². The first kappa shape index (κ1) is 12.2. The Bertz CT molecular complexity index is 277. The predicted octanol–water partition coefficient (Wildman–Crippen LogP) is 3.34. The van der Waals surface area contributed by atoms with Gasteiger partial charge in [-0.3, -0.25) is 0 Å². The Balaban J connectivity index is 2.86. The van der Waals surface area contributed by atoms with Crippen LogP contribution in [-0.2, 0) is 0 Å². The first-order chi connectivity index (χ1) is 7.22. The third kappa shape index (κ3) is 3.03. The van der Waals surface area contributed by atoms with Crippen molar-refractivity contribution < 1.29 is 9.50 Å². The zero-order valence-corrected chi connectivity index (χ0v) is 9.41. The molecule has 0 aliphatic heterocycles. The summed E-state index contributed by atoms with van der Waals surface area (Å²) in [5.74, 6) is 0.390. The van der Waals surface area contributed by atoms with Crippen LogP contribution >= 0.6 is 0 Å². The van der Waals surface area contributed by atoms with E-state index in [1.807, 2.05) is 0 Å². The third-order valence-electron chi connectivity index (χ3n) is 3.11. The van der Waals surface area contributed by atoms with Crippen LogP contribution in [0.25, 0.3) is 0 Å². The summed E-state index contributed by atoms with van der Waals surface area (Å²) in [6, 6.07) is 6.46. The second kappa shape index (κ2) is 5.86. The van der Waals surface area contributed by atoms with E-state index >= 15 is 0 Å². The van der Waals surface area contributed by atoms with Gasteiger partial charge in [-0.15, -0.1) is 0 Å². The van der Waals surface area contributed by atoms with Gasteiger partial charge in [0.1, 0.15) is 5.82 Å². The lowest BCUT2D eigenvalue weighted by Gasteiger charge is -2.23. The number of benzene rings is 1. The van der Waals surface area contributed by atoms with Crippen LogP contribution in [0.15, 0.2) is 24.3 Å². The number of halogens is 1. The van der Waals surface area contributed by atoms with Crippen molar-refractivity contribution in [3.63, 3.8) is 0 Å². The van der Waals surface area contributed by atoms with Crippen LogP contribution in [0, 0.1) is 11.7 Å². The average Bonchev–Trinajstić information content (AvgIpc) is 2.27. The molecule has 0 saturated heterocycles. The third-order valence-corrected chi connectivity index (χ3v) is 3.11. The molecule has 0 aromatic heterocycles. The SMILES string of the molecule is CCC(CC)C(CO)c1ccc(F)cc1. The minimum Gasteiger partial charge on any atom is -0.396 e. The van der Waals surface area contributed by atoms with Crippen molar-refractivity contribution in [1.29, 1.82) is 0 Å². The van der Waals surface area contributed by atoms with Gasteiger partial charge in [0, 0.05) is 5.92 Å². The van der Waals surface area contributed by atoms with Gasteiger partial charge in [0.25, 0.3) is 0 Å². The smallest absolute Gasteiger partial charge is 0.123 e. The lowest BCUT2D eigenvalue weighted by atomic mass is 9.83. The van der Waals surface area contributed by atoms with Crippen LogP contribution in [0.1, 0.15) is 38.2 Å². The van der Waals surface area contributed by atoms with Crippen molar-refractivity contribution in [3.05, 3.63) is 35.6 Å². The molecule has 1 unspecified atom stereocenters. The van der Waals surface area contributed by atoms with Gasteiger partial charge in [-0.25, -0.2) is 4.39 Å². The summed E-state index contributed by atoms with van der Waals surface area (Å²) in [5.41, 5.74) is 1.03. The number of aliphatic hydroxyl groups excluding tert-OH is 1. The van der Waals surface area contributed by atoms with Crippen LogP contribution < -0.4 is 0 Å². The van der Waals surface area contributed by atoms with Gasteiger partial charge in [-0.05, 0) is 23.6 Å². The molecule has 0 amide bonds. The van der Waals surface area contributed by atoms with Crippen LogP contribution in [0.4, 0.5) is 4.39 Å². The summed E-state index contributed by atoms with van der Waals surface area (Å²) in [5, 5.41) is 9.39. The second-order valence-electron chi connectivity index (χ2n) is 3.92. The highest BCUT2D eigenvalue weighted by atomic mass is 19.1. The zero-order chi connectivity index (χ0) is 11.3. The molecule has 1 aromatic carbocycles. The largest absolute Gasteiger partial charge is 0.396 e. The Hall–Kier alpha value is -0.890. The monoisotopic (exact) mass is 210 g/mol. The van der Waals surface area contributed by atoms with Crippen molar-refractivity contribution in [2.75, 3.05) is 6.61 Å². The van der Waals surface area contributed by atoms with Gasteiger partial charge in [0.15, 0.2) is 0 Å². The van der Waals surface area contributed by atoms with Crippen molar-refractivity contribution >= 4 is 0 Å². The Morgan fingerprint density at radius 2 is 1.67 bits per heavy atom. The summed E-state index contributed by atoms with van der Waals surface area (Å²) in [6.45, 7) is 4.39. The van der Waals surface area contributed by atoms with Crippen LogP contribution in [0.5, 0.6) is 0 Å². The van der Waals surface area contributed by atoms with Crippen molar-refractivity contribution in [2.45, 2.75) is 32.6 Å². The number of rotatable bonds is 5. The molecule has 1 N–H and O–H groups in total. The molecule has 0 aliphatic carbocycles. The molecule has 0 radical (unpaired) electrons. The highest BCUT2D eigenvalue weighted by Crippen LogP contribution is 2.29. The molecule has 0 bridgehead atoms. The average molecular weight is 210 g/mol. The Kier molecular flexibility index (Phi) is 4.76. The first-order valence-corrected chi connectivity index (χ1v) is 5.59. The highest BCUT2D eigenvalue weighted by molar-refractivity contribution is 5.21. The molecule has 0 fully saturated rings. The van der Waals surface area contributed by atoms with Gasteiger partial charge in [-0.1, -0.05) is 38.8 Å². The van der Waals surface area contributed by atoms with Crippen molar-refractivity contribution in [2.24, 2.45) is 5.92 Å². The zero-order valence-electron chi connectivity index (χ0n) is 9.41. The van der Waals surface area contributed by atoms with E-state index in [-0.39, 0.29) is 18.3 Å². The highest BCUT2D eigenvalue weighted by Gasteiger charge is 2.19. The molecule has 15 heavy (non-hydrogen) atoms. The molecule has 0 spiro atoms. The Morgan fingerprint density at radius 1 is 1.13 bits per heavy atom. The second-order valence-corrected chi connectivity index (χ2v) is 3.92. The van der Waals surface area contributed by atoms with E-state index in [2.05, 4.69) is 13.8 Å². The van der Waals surface area contributed by atoms with E-state index in [0.29, 0.717) is 5.92 Å². The molecular weight excluding hydrogens is 191 g/mol. The van der Waals surface area contributed by atoms with Crippen molar-refractivity contribution in [1.82, 2.24) is 0 Å². The van der Waals surface area contributed by atoms with E-state index in [9.17, 15) is 9.50 Å². The molecule has 0 saturated carbocycles. The Morgan fingerprint density at radius 3 is 2.07 bits per heavy atom. The fourth-order valence-electron chi connectivity index (χ4n) is 2.09. The van der Waals surface area contributed by atoms with E-state index in [0.717, 1.165) is 18.4 Å². The standard InChI is InChI=1S/C13H19FO/c1-3-10(4-2)13(9-15)11-5-7-12(14)8-6-11/h5-8,10,13,15H,3-4,9H2,1-2H3. The van der Waals surface area contributed by atoms with E-state index in [4.69, 9.17) is 0 Å². The van der Waals surface area contributed by atoms with Gasteiger partial charge < -0.3 is 5.11 Å². The number of hydrogen-bond donors (Lipinski definition) is 1. The van der Waals surface area contributed by atoms with Gasteiger partial charge in [0.2, 0.25) is 0 Å². The molecule has 2 heteroatoms. The summed E-state index contributed by atoms with van der Waals surface area (Å²) < 4.78 is 12.8. The van der Waals surface area contributed by atoms with Crippen LogP contribution in [-0.4, -0.2) is 11.7 Å². The van der Waals surface area contributed by atoms with Gasteiger partial charge >= 0.3 is 0 Å². The van der Waals surface area contributed by atoms with Crippen LogP contribution in [0.3, 0.4) is 0 Å². The van der Waals surface area contributed by atoms with Crippen LogP contribution in [0.2, 0.25) is 0 Å². The molecule has 0 aliphatic rings. The molecule has 1 nitrogen and oxygen atoms in total. The summed E-state index contributed by atoms with van der Waals surface area (Å²) in [7, 11) is 0. The number of aliphatic hydroxyl groups is 1. The molecule has 84 valence electrons. The lowest BCUT2D eigenvalue weighted by molar-refractivity contribution is 0.218. The molecule has 1 aromatic rings. The molecule has 0 heterocycles. The maximum atomic E-state index is 12.8. The number of hydrogen-bond acceptors (Lipinski definition) is 1. The lowest BCUT2D eigenvalue weighted by Crippen LogP contribution is -2.15. The van der Waals surface area contributed by atoms with E-state index in [1.54, 1.807) is 12.1 Å². The predicted molar refractivity (Wildman–Crippen MR) is 60.3 cm³/mol. The van der Waals surface area contributed by atoms with Gasteiger partial charge in [-0.2, -0.15) is 0 Å². The maximum Gasteiger partial charge on any atom is 0.123 e. The normalized spacial score (nSPS) is 13.1. The molecule has 1 atom stereocenters. The summed E-state index contributed by atoms with van der Waals surface area (Å²) in [6.07, 6.45) is 2.08. The Labute approximate surface area is 90.9 Å². The summed E-state index contributed by atoms with van der Waals surface area (Å²) >= 11 is 0. The van der Waals surface area contributed by atoms with Gasteiger partial charge in [0.05, 0.1) is 6.61 Å². The minimum atomic E-state index is -0.222. The maximum absolute atomic E-state index is 12.8. The fourth-order valence-corrected chi connectivity index (χ4v) is 2.09. The molecular formula is C13H19FO. The topological polar surface area (TPSA) is 20.2 Å².